The molecule has 100 valence electrons. The SMILES string of the molecule is COCCC(N)C(=O)Nc1ccc(Br)c(Cl)c1Cl. The van der Waals surface area contributed by atoms with E-state index in [1.807, 2.05) is 0 Å². The predicted molar refractivity (Wildman–Crippen MR) is 77.3 cm³/mol. The average Bonchev–Trinajstić information content (AvgIpc) is 2.36. The first kappa shape index (κ1) is 15.7. The Morgan fingerprint density at radius 3 is 2.78 bits per heavy atom. The zero-order valence-electron chi connectivity index (χ0n) is 9.67. The molecule has 0 radical (unpaired) electrons. The summed E-state index contributed by atoms with van der Waals surface area (Å²) >= 11 is 15.2. The van der Waals surface area contributed by atoms with Gasteiger partial charge in [0.25, 0.3) is 0 Å². The summed E-state index contributed by atoms with van der Waals surface area (Å²) in [6.07, 6.45) is 0.435. The molecule has 0 bridgehead atoms. The van der Waals surface area contributed by atoms with Crippen LogP contribution in [0, 0.1) is 0 Å². The van der Waals surface area contributed by atoms with Crippen LogP contribution in [0.3, 0.4) is 0 Å². The summed E-state index contributed by atoms with van der Waals surface area (Å²) in [6, 6.07) is 2.70. The fourth-order valence-electron chi connectivity index (χ4n) is 1.22. The molecule has 1 rings (SSSR count). The monoisotopic (exact) mass is 354 g/mol. The van der Waals surface area contributed by atoms with Crippen LogP contribution in [0.4, 0.5) is 5.69 Å². The molecule has 4 nitrogen and oxygen atoms in total. The van der Waals surface area contributed by atoms with Gasteiger partial charge in [0.05, 0.1) is 21.8 Å². The lowest BCUT2D eigenvalue weighted by Crippen LogP contribution is -2.36. The predicted octanol–water partition coefficient (Wildman–Crippen LogP) is 3.06. The number of rotatable bonds is 5. The quantitative estimate of drug-likeness (QED) is 0.798. The molecule has 0 aliphatic carbocycles. The number of nitrogens with two attached hydrogens (primary N) is 1. The number of methoxy groups -OCH3 is 1. The van der Waals surface area contributed by atoms with Gasteiger partial charge in [0.1, 0.15) is 0 Å². The first-order chi connectivity index (χ1) is 8.47. The van der Waals surface area contributed by atoms with Gasteiger partial charge >= 0.3 is 0 Å². The zero-order valence-corrected chi connectivity index (χ0v) is 12.8. The fraction of sp³-hybridized carbons (Fsp3) is 0.364. The summed E-state index contributed by atoms with van der Waals surface area (Å²) in [4.78, 5) is 11.8. The molecule has 1 aromatic carbocycles. The highest BCUT2D eigenvalue weighted by Gasteiger charge is 2.16. The largest absolute Gasteiger partial charge is 0.385 e. The second-order valence-corrected chi connectivity index (χ2v) is 5.21. The molecule has 0 saturated heterocycles. The van der Waals surface area contributed by atoms with Gasteiger partial charge in [-0.2, -0.15) is 0 Å². The standard InChI is InChI=1S/C11H13BrCl2N2O2/c1-18-5-4-7(15)11(17)16-8-3-2-6(12)9(13)10(8)14/h2-3,7H,4-5,15H2,1H3,(H,16,17). The van der Waals surface area contributed by atoms with E-state index in [4.69, 9.17) is 33.7 Å². The molecule has 0 spiro atoms. The lowest BCUT2D eigenvalue weighted by Gasteiger charge is -2.13. The highest BCUT2D eigenvalue weighted by molar-refractivity contribution is 9.10. The van der Waals surface area contributed by atoms with Crippen molar-refractivity contribution in [1.82, 2.24) is 0 Å². The summed E-state index contributed by atoms with van der Waals surface area (Å²) < 4.78 is 5.52. The van der Waals surface area contributed by atoms with Crippen LogP contribution in [0.25, 0.3) is 0 Å². The number of hydrogen-bond acceptors (Lipinski definition) is 3. The number of anilines is 1. The number of carbonyl (C=O) groups is 1. The van der Waals surface area contributed by atoms with Crippen molar-refractivity contribution in [3.63, 3.8) is 0 Å². The lowest BCUT2D eigenvalue weighted by atomic mass is 10.2. The van der Waals surface area contributed by atoms with Gasteiger partial charge in [-0.3, -0.25) is 4.79 Å². The fourth-order valence-corrected chi connectivity index (χ4v) is 2.05. The lowest BCUT2D eigenvalue weighted by molar-refractivity contribution is -0.117. The minimum absolute atomic E-state index is 0.276. The van der Waals surface area contributed by atoms with E-state index in [1.165, 1.54) is 0 Å². The molecule has 18 heavy (non-hydrogen) atoms. The summed E-state index contributed by atoms with van der Waals surface area (Å²) in [5.74, 6) is -0.327. The Morgan fingerprint density at radius 1 is 1.50 bits per heavy atom. The van der Waals surface area contributed by atoms with Crippen LogP contribution in [-0.4, -0.2) is 25.7 Å². The van der Waals surface area contributed by atoms with Crippen molar-refractivity contribution in [1.29, 1.82) is 0 Å². The van der Waals surface area contributed by atoms with Crippen molar-refractivity contribution in [3.8, 4) is 0 Å². The maximum absolute atomic E-state index is 11.8. The van der Waals surface area contributed by atoms with Gasteiger partial charge in [0, 0.05) is 18.2 Å². The van der Waals surface area contributed by atoms with E-state index in [2.05, 4.69) is 21.2 Å². The van der Waals surface area contributed by atoms with Crippen molar-refractivity contribution in [2.45, 2.75) is 12.5 Å². The van der Waals surface area contributed by atoms with Crippen molar-refractivity contribution >= 4 is 50.7 Å². The Labute approximate surface area is 124 Å². The molecular formula is C11H13BrCl2N2O2. The van der Waals surface area contributed by atoms with Crippen LogP contribution < -0.4 is 11.1 Å². The molecule has 1 amide bonds. The number of amides is 1. The molecule has 3 N–H and O–H groups in total. The Balaban J connectivity index is 2.73. The Hall–Kier alpha value is -0.330. The van der Waals surface area contributed by atoms with Crippen LogP contribution >= 0.6 is 39.1 Å². The van der Waals surface area contributed by atoms with E-state index in [0.717, 1.165) is 0 Å². The number of nitrogens with one attached hydrogen (secondary N) is 1. The molecule has 0 aliphatic rings. The first-order valence-corrected chi connectivity index (χ1v) is 6.71. The van der Waals surface area contributed by atoms with Crippen LogP contribution in [0.1, 0.15) is 6.42 Å². The van der Waals surface area contributed by atoms with E-state index >= 15 is 0 Å². The third-order valence-electron chi connectivity index (χ3n) is 2.26. The number of ether oxygens (including phenoxy) is 1. The highest BCUT2D eigenvalue weighted by atomic mass is 79.9. The number of halogens is 3. The number of benzene rings is 1. The zero-order chi connectivity index (χ0) is 13.7. The molecule has 7 heteroatoms. The topological polar surface area (TPSA) is 64.3 Å². The highest BCUT2D eigenvalue weighted by Crippen LogP contribution is 2.35. The van der Waals surface area contributed by atoms with Gasteiger partial charge in [0.15, 0.2) is 0 Å². The van der Waals surface area contributed by atoms with Crippen LogP contribution in [0.15, 0.2) is 16.6 Å². The van der Waals surface area contributed by atoms with E-state index in [-0.39, 0.29) is 10.9 Å². The minimum atomic E-state index is -0.650. The van der Waals surface area contributed by atoms with Crippen LogP contribution in [0.5, 0.6) is 0 Å². The molecule has 1 aromatic rings. The van der Waals surface area contributed by atoms with Crippen LogP contribution in [0.2, 0.25) is 10.0 Å². The van der Waals surface area contributed by atoms with Gasteiger partial charge in [-0.15, -0.1) is 0 Å². The summed E-state index contributed by atoms with van der Waals surface area (Å²) in [6.45, 7) is 0.420. The molecule has 0 saturated carbocycles. The average molecular weight is 356 g/mol. The molecule has 1 unspecified atom stereocenters. The summed E-state index contributed by atoms with van der Waals surface area (Å²) in [7, 11) is 1.55. The number of carbonyl (C=O) groups excluding carboxylic acids is 1. The summed E-state index contributed by atoms with van der Waals surface area (Å²) in [5, 5.41) is 3.25. The van der Waals surface area contributed by atoms with E-state index < -0.39 is 6.04 Å². The Morgan fingerprint density at radius 2 is 2.17 bits per heavy atom. The molecule has 1 atom stereocenters. The van der Waals surface area contributed by atoms with E-state index in [0.29, 0.717) is 28.2 Å². The van der Waals surface area contributed by atoms with E-state index in [1.54, 1.807) is 19.2 Å². The van der Waals surface area contributed by atoms with Gasteiger partial charge in [-0.25, -0.2) is 0 Å². The molecule has 0 fully saturated rings. The van der Waals surface area contributed by atoms with Gasteiger partial charge in [0.2, 0.25) is 5.91 Å². The smallest absolute Gasteiger partial charge is 0.241 e. The third kappa shape index (κ3) is 4.10. The molecular weight excluding hydrogens is 343 g/mol. The first-order valence-electron chi connectivity index (χ1n) is 5.16. The third-order valence-corrected chi connectivity index (χ3v) is 4.03. The van der Waals surface area contributed by atoms with Crippen molar-refractivity contribution in [2.24, 2.45) is 5.73 Å². The normalized spacial score (nSPS) is 12.3. The van der Waals surface area contributed by atoms with E-state index in [9.17, 15) is 4.79 Å². The Bertz CT molecular complexity index is 443. The van der Waals surface area contributed by atoms with Crippen molar-refractivity contribution in [3.05, 3.63) is 26.7 Å². The Kier molecular flexibility index (Phi) is 6.38. The van der Waals surface area contributed by atoms with Gasteiger partial charge < -0.3 is 15.8 Å². The molecule has 0 aromatic heterocycles. The summed E-state index contributed by atoms with van der Waals surface area (Å²) in [5.41, 5.74) is 6.12. The number of hydrogen-bond donors (Lipinski definition) is 2. The minimum Gasteiger partial charge on any atom is -0.385 e. The molecule has 0 aliphatic heterocycles. The maximum Gasteiger partial charge on any atom is 0.241 e. The second kappa shape index (κ2) is 7.31. The van der Waals surface area contributed by atoms with Gasteiger partial charge in [-0.1, -0.05) is 23.2 Å². The van der Waals surface area contributed by atoms with Crippen LogP contribution in [-0.2, 0) is 9.53 Å². The van der Waals surface area contributed by atoms with Crippen molar-refractivity contribution in [2.75, 3.05) is 19.0 Å². The second-order valence-electron chi connectivity index (χ2n) is 3.60. The van der Waals surface area contributed by atoms with Gasteiger partial charge in [-0.05, 0) is 34.5 Å². The maximum atomic E-state index is 11.8. The van der Waals surface area contributed by atoms with Crippen molar-refractivity contribution < 1.29 is 9.53 Å². The molecule has 0 heterocycles.